The second-order valence-electron chi connectivity index (χ2n) is 3.78. The average molecular weight is 257 g/mol. The number of anilines is 1. The van der Waals surface area contributed by atoms with Gasteiger partial charge in [-0.2, -0.15) is 0 Å². The number of aliphatic carboxylic acids is 1. The first-order valence-corrected chi connectivity index (χ1v) is 6.01. The van der Waals surface area contributed by atoms with E-state index in [0.717, 1.165) is 24.2 Å². The fraction of sp³-hybridized carbons (Fsp3) is 0.556. The molecule has 1 saturated heterocycles. The van der Waals surface area contributed by atoms with Crippen LogP contribution in [0.2, 0.25) is 0 Å². The maximum Gasteiger partial charge on any atom is 0.345 e. The minimum absolute atomic E-state index is 0.0605. The van der Waals surface area contributed by atoms with Crippen molar-refractivity contribution < 1.29 is 14.8 Å². The summed E-state index contributed by atoms with van der Waals surface area (Å²) < 4.78 is 0. The van der Waals surface area contributed by atoms with Gasteiger partial charge in [-0.15, -0.1) is 0 Å². The molecule has 1 atom stereocenters. The van der Waals surface area contributed by atoms with E-state index in [-0.39, 0.29) is 5.00 Å². The number of rotatable bonds is 3. The molecule has 1 aromatic heterocycles. The van der Waals surface area contributed by atoms with E-state index in [1.54, 1.807) is 4.90 Å². The lowest BCUT2D eigenvalue weighted by Gasteiger charge is -2.32. The summed E-state index contributed by atoms with van der Waals surface area (Å²) in [6.07, 6.45) is 3.48. The third-order valence-electron chi connectivity index (χ3n) is 2.69. The third-order valence-corrected chi connectivity index (χ3v) is 3.68. The van der Waals surface area contributed by atoms with Gasteiger partial charge in [0.15, 0.2) is 5.13 Å². The number of carbonyl (C=O) groups is 1. The Labute approximate surface area is 101 Å². The van der Waals surface area contributed by atoms with Crippen LogP contribution in [0.5, 0.6) is 0 Å². The Hall–Kier alpha value is -1.70. The highest BCUT2D eigenvalue weighted by atomic mass is 32.1. The molecule has 1 aliphatic heterocycles. The Kier molecular flexibility index (Phi) is 3.23. The summed E-state index contributed by atoms with van der Waals surface area (Å²) >= 11 is 0.921. The molecule has 2 rings (SSSR count). The summed E-state index contributed by atoms with van der Waals surface area (Å²) in [5.74, 6) is -0.900. The lowest BCUT2D eigenvalue weighted by Crippen LogP contribution is -2.44. The van der Waals surface area contributed by atoms with E-state index < -0.39 is 16.9 Å². The van der Waals surface area contributed by atoms with Crippen molar-refractivity contribution >= 4 is 27.4 Å². The number of carboxylic acid groups (broad SMARTS) is 1. The van der Waals surface area contributed by atoms with Crippen LogP contribution in [-0.2, 0) is 4.79 Å². The predicted octanol–water partition coefficient (Wildman–Crippen LogP) is 1.49. The van der Waals surface area contributed by atoms with Crippen LogP contribution < -0.4 is 4.90 Å². The van der Waals surface area contributed by atoms with Gasteiger partial charge in [-0.3, -0.25) is 10.1 Å². The number of aromatic nitrogens is 1. The fourth-order valence-electron chi connectivity index (χ4n) is 1.89. The molecule has 1 N–H and O–H groups in total. The minimum atomic E-state index is -0.900. The zero-order valence-corrected chi connectivity index (χ0v) is 9.72. The van der Waals surface area contributed by atoms with Gasteiger partial charge in [-0.1, -0.05) is 0 Å². The number of carboxylic acids is 1. The van der Waals surface area contributed by atoms with E-state index in [2.05, 4.69) is 4.98 Å². The molecule has 0 radical (unpaired) electrons. The number of piperidine rings is 1. The molecular weight excluding hydrogens is 246 g/mol. The van der Waals surface area contributed by atoms with Gasteiger partial charge >= 0.3 is 11.0 Å². The first-order valence-electron chi connectivity index (χ1n) is 5.19. The normalized spacial score (nSPS) is 20.2. The smallest absolute Gasteiger partial charge is 0.345 e. The summed E-state index contributed by atoms with van der Waals surface area (Å²) in [5, 5.41) is 20.0. The standard InChI is InChI=1S/C9H11N3O4S/c13-8(14)6-3-1-2-4-11(6)9-10-5-7(17-9)12(15)16/h5-6H,1-4H2,(H,13,14). The molecule has 1 aliphatic rings. The van der Waals surface area contributed by atoms with Crippen LogP contribution in [0.3, 0.4) is 0 Å². The van der Waals surface area contributed by atoms with Crippen LogP contribution in [0, 0.1) is 10.1 Å². The highest BCUT2D eigenvalue weighted by Crippen LogP contribution is 2.32. The van der Waals surface area contributed by atoms with E-state index in [9.17, 15) is 14.9 Å². The monoisotopic (exact) mass is 257 g/mol. The molecule has 0 aliphatic carbocycles. The molecule has 0 saturated carbocycles. The lowest BCUT2D eigenvalue weighted by molar-refractivity contribution is -0.380. The van der Waals surface area contributed by atoms with Crippen molar-refractivity contribution in [1.82, 2.24) is 4.98 Å². The molecule has 8 heteroatoms. The van der Waals surface area contributed by atoms with Crippen molar-refractivity contribution in [2.24, 2.45) is 0 Å². The number of hydrogen-bond acceptors (Lipinski definition) is 6. The predicted molar refractivity (Wildman–Crippen MR) is 61.4 cm³/mol. The Balaban J connectivity index is 2.23. The molecule has 17 heavy (non-hydrogen) atoms. The van der Waals surface area contributed by atoms with E-state index in [4.69, 9.17) is 5.11 Å². The van der Waals surface area contributed by atoms with Gasteiger partial charge < -0.3 is 10.0 Å². The maximum atomic E-state index is 11.1. The molecule has 1 unspecified atom stereocenters. The van der Waals surface area contributed by atoms with Crippen LogP contribution in [0.15, 0.2) is 6.20 Å². The largest absolute Gasteiger partial charge is 0.480 e. The van der Waals surface area contributed by atoms with Crippen LogP contribution in [0.1, 0.15) is 19.3 Å². The second-order valence-corrected chi connectivity index (χ2v) is 4.77. The van der Waals surface area contributed by atoms with Gasteiger partial charge in [-0.25, -0.2) is 9.78 Å². The Morgan fingerprint density at radius 3 is 3.00 bits per heavy atom. The van der Waals surface area contributed by atoms with Gasteiger partial charge in [0.1, 0.15) is 12.2 Å². The van der Waals surface area contributed by atoms with Gasteiger partial charge in [-0.05, 0) is 30.6 Å². The lowest BCUT2D eigenvalue weighted by atomic mass is 10.0. The van der Waals surface area contributed by atoms with Crippen LogP contribution >= 0.6 is 11.3 Å². The van der Waals surface area contributed by atoms with Crippen molar-refractivity contribution in [2.45, 2.75) is 25.3 Å². The van der Waals surface area contributed by atoms with Gasteiger partial charge in [0.2, 0.25) is 0 Å². The molecule has 2 heterocycles. The van der Waals surface area contributed by atoms with Gasteiger partial charge in [0, 0.05) is 6.54 Å². The minimum Gasteiger partial charge on any atom is -0.480 e. The zero-order chi connectivity index (χ0) is 12.4. The Morgan fingerprint density at radius 2 is 2.41 bits per heavy atom. The van der Waals surface area contributed by atoms with Crippen molar-refractivity contribution in [3.63, 3.8) is 0 Å². The maximum absolute atomic E-state index is 11.1. The Morgan fingerprint density at radius 1 is 1.65 bits per heavy atom. The van der Waals surface area contributed by atoms with Crippen molar-refractivity contribution in [2.75, 3.05) is 11.4 Å². The number of nitro groups is 1. The number of thiazole rings is 1. The molecule has 7 nitrogen and oxygen atoms in total. The first kappa shape index (κ1) is 11.8. The van der Waals surface area contributed by atoms with E-state index in [1.165, 1.54) is 6.20 Å². The van der Waals surface area contributed by atoms with Crippen molar-refractivity contribution in [3.05, 3.63) is 16.3 Å². The molecule has 0 spiro atoms. The van der Waals surface area contributed by atoms with Crippen LogP contribution in [0.25, 0.3) is 0 Å². The molecule has 92 valence electrons. The molecule has 0 aromatic carbocycles. The molecule has 0 bridgehead atoms. The van der Waals surface area contributed by atoms with E-state index in [0.29, 0.717) is 18.1 Å². The van der Waals surface area contributed by atoms with Crippen molar-refractivity contribution in [3.8, 4) is 0 Å². The second kappa shape index (κ2) is 4.66. The summed E-state index contributed by atoms with van der Waals surface area (Å²) in [6, 6.07) is -0.616. The highest BCUT2D eigenvalue weighted by molar-refractivity contribution is 7.18. The molecular formula is C9H11N3O4S. The Bertz CT molecular complexity index is 447. The van der Waals surface area contributed by atoms with Gasteiger partial charge in [0.05, 0.1) is 4.92 Å². The van der Waals surface area contributed by atoms with Crippen molar-refractivity contribution in [1.29, 1.82) is 0 Å². The third kappa shape index (κ3) is 2.36. The fourth-order valence-corrected chi connectivity index (χ4v) is 2.70. The van der Waals surface area contributed by atoms with E-state index >= 15 is 0 Å². The van der Waals surface area contributed by atoms with Gasteiger partial charge in [0.25, 0.3) is 0 Å². The summed E-state index contributed by atoms with van der Waals surface area (Å²) in [7, 11) is 0. The number of hydrogen-bond donors (Lipinski definition) is 1. The zero-order valence-electron chi connectivity index (χ0n) is 8.90. The highest BCUT2D eigenvalue weighted by Gasteiger charge is 2.31. The SMILES string of the molecule is O=C(O)C1CCCCN1c1ncc([N+](=O)[O-])s1. The summed E-state index contributed by atoms with van der Waals surface area (Å²) in [4.78, 5) is 26.7. The summed E-state index contributed by atoms with van der Waals surface area (Å²) in [6.45, 7) is 0.585. The molecule has 1 fully saturated rings. The van der Waals surface area contributed by atoms with E-state index in [1.807, 2.05) is 0 Å². The first-order chi connectivity index (χ1) is 8.09. The average Bonchev–Trinajstić information content (AvgIpc) is 2.78. The molecule has 1 aromatic rings. The summed E-state index contributed by atoms with van der Waals surface area (Å²) in [5.41, 5.74) is 0. The molecule has 0 amide bonds. The van der Waals surface area contributed by atoms with Crippen LogP contribution in [-0.4, -0.2) is 33.6 Å². The van der Waals surface area contributed by atoms with Crippen LogP contribution in [0.4, 0.5) is 10.1 Å². The quantitative estimate of drug-likeness (QED) is 0.651. The number of nitrogens with zero attached hydrogens (tertiary/aromatic N) is 3. The topological polar surface area (TPSA) is 96.6 Å².